The van der Waals surface area contributed by atoms with Crippen molar-refractivity contribution < 1.29 is 13.9 Å². The Bertz CT molecular complexity index is 951. The molecule has 3 aromatic rings. The highest BCUT2D eigenvalue weighted by atomic mass is 19.1. The van der Waals surface area contributed by atoms with Gasteiger partial charge in [0.2, 0.25) is 0 Å². The Hall–Kier alpha value is -3.02. The molecule has 0 spiro atoms. The summed E-state index contributed by atoms with van der Waals surface area (Å²) in [5.74, 6) is 2.07. The summed E-state index contributed by atoms with van der Waals surface area (Å²) in [6.45, 7) is 0.894. The summed E-state index contributed by atoms with van der Waals surface area (Å²) in [5.41, 5.74) is 3.87. The van der Waals surface area contributed by atoms with Gasteiger partial charge in [0.05, 0.1) is 25.6 Å². The summed E-state index contributed by atoms with van der Waals surface area (Å²) >= 11 is 0. The van der Waals surface area contributed by atoms with Crippen LogP contribution in [0, 0.1) is 5.82 Å². The fourth-order valence-corrected chi connectivity index (χ4v) is 3.49. The first-order valence-electron chi connectivity index (χ1n) is 9.05. The number of hydrogen-bond donors (Lipinski definition) is 1. The second kappa shape index (κ2) is 7.31. The van der Waals surface area contributed by atoms with Crippen LogP contribution in [-0.4, -0.2) is 30.5 Å². The molecule has 140 valence electrons. The van der Waals surface area contributed by atoms with Gasteiger partial charge in [-0.2, -0.15) is 5.10 Å². The van der Waals surface area contributed by atoms with E-state index in [0.717, 1.165) is 48.6 Å². The van der Waals surface area contributed by atoms with Gasteiger partial charge >= 0.3 is 0 Å². The fourth-order valence-electron chi connectivity index (χ4n) is 3.49. The maximum absolute atomic E-state index is 13.4. The molecular formula is C21H22FN3O2. The van der Waals surface area contributed by atoms with E-state index in [4.69, 9.17) is 14.6 Å². The third-order valence-corrected chi connectivity index (χ3v) is 4.86. The minimum atomic E-state index is -0.259. The monoisotopic (exact) mass is 367 g/mol. The van der Waals surface area contributed by atoms with Crippen molar-refractivity contribution in [2.75, 3.05) is 26.1 Å². The Labute approximate surface area is 157 Å². The van der Waals surface area contributed by atoms with Crippen LogP contribution in [0.5, 0.6) is 11.5 Å². The number of nitrogens with zero attached hydrogens (tertiary/aromatic N) is 2. The molecule has 1 aliphatic heterocycles. The molecule has 0 bridgehead atoms. The zero-order chi connectivity index (χ0) is 18.8. The molecule has 6 heteroatoms. The molecule has 1 N–H and O–H groups in total. The molecule has 0 aliphatic carbocycles. The van der Waals surface area contributed by atoms with Crippen LogP contribution in [0.15, 0.2) is 42.5 Å². The standard InChI is InChI=1S/C21H22FN3O2/c1-26-18-11-6-14(13-19(18)27-2)20-17-5-3-4-12-23-21(17)25(24-20)16-9-7-15(22)8-10-16/h6-11,13,23H,3-5,12H2,1-2H3. The number of fused-ring (bicyclic) bond motifs is 1. The molecule has 2 aromatic carbocycles. The van der Waals surface area contributed by atoms with Crippen molar-refractivity contribution >= 4 is 5.82 Å². The molecule has 27 heavy (non-hydrogen) atoms. The van der Waals surface area contributed by atoms with Crippen molar-refractivity contribution in [3.05, 3.63) is 53.8 Å². The van der Waals surface area contributed by atoms with Crippen LogP contribution in [-0.2, 0) is 6.42 Å². The summed E-state index contributed by atoms with van der Waals surface area (Å²) < 4.78 is 26.0. The van der Waals surface area contributed by atoms with E-state index in [1.54, 1.807) is 26.4 Å². The van der Waals surface area contributed by atoms with E-state index in [1.165, 1.54) is 17.7 Å². The Kier molecular flexibility index (Phi) is 4.71. The van der Waals surface area contributed by atoms with Gasteiger partial charge in [-0.15, -0.1) is 0 Å². The third-order valence-electron chi connectivity index (χ3n) is 4.86. The van der Waals surface area contributed by atoms with Gasteiger partial charge in [0, 0.05) is 17.7 Å². The number of ether oxygens (including phenoxy) is 2. The smallest absolute Gasteiger partial charge is 0.161 e. The molecule has 1 aromatic heterocycles. The maximum Gasteiger partial charge on any atom is 0.161 e. The maximum atomic E-state index is 13.4. The lowest BCUT2D eigenvalue weighted by Crippen LogP contribution is -2.07. The highest BCUT2D eigenvalue weighted by Gasteiger charge is 2.22. The predicted octanol–water partition coefficient (Wildman–Crippen LogP) is 4.44. The molecule has 0 atom stereocenters. The number of benzene rings is 2. The number of nitrogens with one attached hydrogen (secondary N) is 1. The van der Waals surface area contributed by atoms with Crippen LogP contribution < -0.4 is 14.8 Å². The molecule has 0 amide bonds. The first kappa shape index (κ1) is 17.4. The van der Waals surface area contributed by atoms with Crippen LogP contribution in [0.4, 0.5) is 10.2 Å². The van der Waals surface area contributed by atoms with Crippen molar-refractivity contribution in [2.24, 2.45) is 0 Å². The number of hydrogen-bond acceptors (Lipinski definition) is 4. The van der Waals surface area contributed by atoms with Gasteiger partial charge in [0.1, 0.15) is 11.6 Å². The molecule has 4 rings (SSSR count). The summed E-state index contributed by atoms with van der Waals surface area (Å²) in [6.07, 6.45) is 3.13. The molecule has 0 unspecified atom stereocenters. The van der Waals surface area contributed by atoms with Gasteiger partial charge in [-0.3, -0.25) is 0 Å². The number of methoxy groups -OCH3 is 2. The van der Waals surface area contributed by atoms with Crippen molar-refractivity contribution in [1.82, 2.24) is 9.78 Å². The van der Waals surface area contributed by atoms with Crippen LogP contribution in [0.25, 0.3) is 16.9 Å². The molecule has 2 heterocycles. The Morgan fingerprint density at radius 2 is 1.78 bits per heavy atom. The lowest BCUT2D eigenvalue weighted by atomic mass is 10.0. The second-order valence-corrected chi connectivity index (χ2v) is 6.52. The largest absolute Gasteiger partial charge is 0.493 e. The molecule has 5 nitrogen and oxygen atoms in total. The Morgan fingerprint density at radius 1 is 1.00 bits per heavy atom. The zero-order valence-electron chi connectivity index (χ0n) is 15.5. The van der Waals surface area contributed by atoms with E-state index >= 15 is 0 Å². The third kappa shape index (κ3) is 3.23. The van der Waals surface area contributed by atoms with Gasteiger partial charge in [-0.1, -0.05) is 0 Å². The Morgan fingerprint density at radius 3 is 2.52 bits per heavy atom. The van der Waals surface area contributed by atoms with Crippen molar-refractivity contribution in [3.63, 3.8) is 0 Å². The highest BCUT2D eigenvalue weighted by molar-refractivity contribution is 5.73. The van der Waals surface area contributed by atoms with Crippen molar-refractivity contribution in [2.45, 2.75) is 19.3 Å². The molecule has 0 saturated carbocycles. The summed E-state index contributed by atoms with van der Waals surface area (Å²) in [6, 6.07) is 12.2. The first-order valence-corrected chi connectivity index (χ1v) is 9.05. The van der Waals surface area contributed by atoms with Gasteiger partial charge in [0.15, 0.2) is 11.5 Å². The SMILES string of the molecule is COc1ccc(-c2nn(-c3ccc(F)cc3)c3c2CCCCN3)cc1OC. The van der Waals surface area contributed by atoms with Crippen LogP contribution in [0.2, 0.25) is 0 Å². The average Bonchev–Trinajstić information content (AvgIpc) is 2.89. The van der Waals surface area contributed by atoms with Gasteiger partial charge < -0.3 is 14.8 Å². The average molecular weight is 367 g/mol. The quantitative estimate of drug-likeness (QED) is 0.740. The molecule has 1 aliphatic rings. The number of halogens is 1. The van der Waals surface area contributed by atoms with Crippen molar-refractivity contribution in [1.29, 1.82) is 0 Å². The lowest BCUT2D eigenvalue weighted by Gasteiger charge is -2.09. The summed E-state index contributed by atoms with van der Waals surface area (Å²) in [5, 5.41) is 8.37. The fraction of sp³-hybridized carbons (Fsp3) is 0.286. The molecule has 0 saturated heterocycles. The van der Waals surface area contributed by atoms with Crippen LogP contribution in [0.1, 0.15) is 18.4 Å². The minimum absolute atomic E-state index is 0.259. The topological polar surface area (TPSA) is 48.3 Å². The molecule has 0 radical (unpaired) electrons. The molecule has 0 fully saturated rings. The van der Waals surface area contributed by atoms with E-state index < -0.39 is 0 Å². The first-order chi connectivity index (χ1) is 13.2. The van der Waals surface area contributed by atoms with Gasteiger partial charge in [-0.25, -0.2) is 9.07 Å². The second-order valence-electron chi connectivity index (χ2n) is 6.52. The predicted molar refractivity (Wildman–Crippen MR) is 103 cm³/mol. The van der Waals surface area contributed by atoms with E-state index in [-0.39, 0.29) is 5.82 Å². The van der Waals surface area contributed by atoms with E-state index in [9.17, 15) is 4.39 Å². The minimum Gasteiger partial charge on any atom is -0.493 e. The normalized spacial score (nSPS) is 13.4. The number of anilines is 1. The zero-order valence-corrected chi connectivity index (χ0v) is 15.5. The highest BCUT2D eigenvalue weighted by Crippen LogP contribution is 2.37. The number of rotatable bonds is 4. The van der Waals surface area contributed by atoms with E-state index in [1.807, 2.05) is 22.9 Å². The summed E-state index contributed by atoms with van der Waals surface area (Å²) in [7, 11) is 3.25. The molecular weight excluding hydrogens is 345 g/mol. The van der Waals surface area contributed by atoms with E-state index in [0.29, 0.717) is 11.5 Å². The van der Waals surface area contributed by atoms with Gasteiger partial charge in [-0.05, 0) is 61.7 Å². The van der Waals surface area contributed by atoms with Crippen LogP contribution >= 0.6 is 0 Å². The summed E-state index contributed by atoms with van der Waals surface area (Å²) in [4.78, 5) is 0. The lowest BCUT2D eigenvalue weighted by molar-refractivity contribution is 0.355. The van der Waals surface area contributed by atoms with Crippen molar-refractivity contribution in [3.8, 4) is 28.4 Å². The number of aromatic nitrogens is 2. The van der Waals surface area contributed by atoms with Crippen LogP contribution in [0.3, 0.4) is 0 Å². The Balaban J connectivity index is 1.87. The van der Waals surface area contributed by atoms with Gasteiger partial charge in [0.25, 0.3) is 0 Å². The van der Waals surface area contributed by atoms with E-state index in [2.05, 4.69) is 5.32 Å².